The van der Waals surface area contributed by atoms with Gasteiger partial charge in [-0.2, -0.15) is 0 Å². The Morgan fingerprint density at radius 3 is 2.89 bits per heavy atom. The molecule has 0 fully saturated rings. The van der Waals surface area contributed by atoms with Gasteiger partial charge >= 0.3 is 5.97 Å². The van der Waals surface area contributed by atoms with E-state index in [1.807, 2.05) is 13.0 Å². The van der Waals surface area contributed by atoms with Gasteiger partial charge in [-0.15, -0.1) is 0 Å². The lowest BCUT2D eigenvalue weighted by atomic mass is 10.2. The average Bonchev–Trinajstić information content (AvgIpc) is 2.32. The first kappa shape index (κ1) is 14.7. The lowest BCUT2D eigenvalue weighted by molar-refractivity contribution is -0.141. The molecule has 0 unspecified atom stereocenters. The number of nitrogens with one attached hydrogen (secondary N) is 2. The van der Waals surface area contributed by atoms with Crippen molar-refractivity contribution in [2.75, 3.05) is 18.5 Å². The molecule has 18 heavy (non-hydrogen) atoms. The lowest BCUT2D eigenvalue weighted by Crippen LogP contribution is -2.34. The fourth-order valence-corrected chi connectivity index (χ4v) is 1.61. The van der Waals surface area contributed by atoms with Crippen LogP contribution in [0.5, 0.6) is 0 Å². The normalized spacial score (nSPS) is 9.72. The monoisotopic (exact) mass is 286 g/mol. The third-order valence-electron chi connectivity index (χ3n) is 2.15. The number of anilines is 1. The Balaban J connectivity index is 2.49. The fraction of sp³-hybridized carbons (Fsp3) is 0.333. The molecule has 0 spiro atoms. The fourth-order valence-electron chi connectivity index (χ4n) is 1.26. The van der Waals surface area contributed by atoms with Gasteiger partial charge in [-0.1, -0.05) is 17.7 Å². The number of halogens is 1. The molecule has 0 aliphatic heterocycles. The second-order valence-corrected chi connectivity index (χ2v) is 4.42. The van der Waals surface area contributed by atoms with Crippen molar-refractivity contribution in [2.45, 2.75) is 13.8 Å². The van der Waals surface area contributed by atoms with Crippen LogP contribution >= 0.6 is 23.8 Å². The summed E-state index contributed by atoms with van der Waals surface area (Å²) in [7, 11) is 0. The molecule has 0 aliphatic rings. The number of hydrogen-bond acceptors (Lipinski definition) is 3. The van der Waals surface area contributed by atoms with Crippen LogP contribution in [0.4, 0.5) is 5.69 Å². The van der Waals surface area contributed by atoms with Gasteiger partial charge in [0, 0.05) is 10.7 Å². The minimum atomic E-state index is -0.343. The standard InChI is InChI=1S/C12H15ClN2O2S/c1-3-17-11(16)7-14-12(18)15-10-6-9(13)5-4-8(10)2/h4-6H,3,7H2,1-2H3,(H2,14,15,18). The molecular weight excluding hydrogens is 272 g/mol. The Bertz CT molecular complexity index is 452. The molecule has 0 radical (unpaired) electrons. The van der Waals surface area contributed by atoms with Crippen LogP contribution in [0.1, 0.15) is 12.5 Å². The molecule has 0 heterocycles. The zero-order valence-electron chi connectivity index (χ0n) is 10.2. The summed E-state index contributed by atoms with van der Waals surface area (Å²) in [6.45, 7) is 4.09. The van der Waals surface area contributed by atoms with E-state index in [0.29, 0.717) is 16.7 Å². The van der Waals surface area contributed by atoms with Crippen molar-refractivity contribution in [3.8, 4) is 0 Å². The maximum absolute atomic E-state index is 11.1. The van der Waals surface area contributed by atoms with Crippen molar-refractivity contribution in [3.63, 3.8) is 0 Å². The molecule has 0 atom stereocenters. The van der Waals surface area contributed by atoms with Gasteiger partial charge in [-0.05, 0) is 43.8 Å². The third kappa shape index (κ3) is 4.89. The molecule has 1 aromatic carbocycles. The highest BCUT2D eigenvalue weighted by Crippen LogP contribution is 2.19. The number of carbonyl (C=O) groups is 1. The van der Waals surface area contributed by atoms with Gasteiger partial charge in [0.25, 0.3) is 0 Å². The van der Waals surface area contributed by atoms with Crippen molar-refractivity contribution in [3.05, 3.63) is 28.8 Å². The molecule has 2 N–H and O–H groups in total. The van der Waals surface area contributed by atoms with Gasteiger partial charge in [-0.3, -0.25) is 4.79 Å². The second-order valence-electron chi connectivity index (χ2n) is 3.57. The SMILES string of the molecule is CCOC(=O)CNC(=S)Nc1cc(Cl)ccc1C. The van der Waals surface area contributed by atoms with Crippen molar-refractivity contribution in [1.29, 1.82) is 0 Å². The molecule has 0 aromatic heterocycles. The van der Waals surface area contributed by atoms with Crippen LogP contribution in [0.2, 0.25) is 5.02 Å². The van der Waals surface area contributed by atoms with Crippen LogP contribution in [0, 0.1) is 6.92 Å². The molecule has 4 nitrogen and oxygen atoms in total. The lowest BCUT2D eigenvalue weighted by Gasteiger charge is -2.12. The van der Waals surface area contributed by atoms with Gasteiger partial charge in [-0.25, -0.2) is 0 Å². The van der Waals surface area contributed by atoms with Gasteiger partial charge in [0.2, 0.25) is 0 Å². The van der Waals surface area contributed by atoms with Crippen molar-refractivity contribution < 1.29 is 9.53 Å². The zero-order chi connectivity index (χ0) is 13.5. The number of aryl methyl sites for hydroxylation is 1. The predicted octanol–water partition coefficient (Wildman–Crippen LogP) is 2.50. The first-order chi connectivity index (χ1) is 8.52. The molecular formula is C12H15ClN2O2S. The molecule has 0 bridgehead atoms. The minimum Gasteiger partial charge on any atom is -0.465 e. The predicted molar refractivity (Wildman–Crippen MR) is 77.0 cm³/mol. The van der Waals surface area contributed by atoms with Crippen LogP contribution in [-0.4, -0.2) is 24.2 Å². The average molecular weight is 287 g/mol. The van der Waals surface area contributed by atoms with E-state index in [0.717, 1.165) is 11.3 Å². The van der Waals surface area contributed by atoms with Gasteiger partial charge in [0.05, 0.1) is 6.61 Å². The summed E-state index contributed by atoms with van der Waals surface area (Å²) >= 11 is 11.0. The Kier molecular flexibility index (Phi) is 5.88. The van der Waals surface area contributed by atoms with E-state index in [9.17, 15) is 4.79 Å². The number of thiocarbonyl (C=S) groups is 1. The topological polar surface area (TPSA) is 50.4 Å². The number of esters is 1. The van der Waals surface area contributed by atoms with E-state index < -0.39 is 0 Å². The highest BCUT2D eigenvalue weighted by atomic mass is 35.5. The first-order valence-electron chi connectivity index (χ1n) is 5.49. The van der Waals surface area contributed by atoms with Crippen LogP contribution in [0.3, 0.4) is 0 Å². The Morgan fingerprint density at radius 1 is 1.50 bits per heavy atom. The maximum Gasteiger partial charge on any atom is 0.325 e. The summed E-state index contributed by atoms with van der Waals surface area (Å²) in [5.41, 5.74) is 1.82. The highest BCUT2D eigenvalue weighted by Gasteiger charge is 2.05. The molecule has 0 amide bonds. The molecule has 0 saturated carbocycles. The van der Waals surface area contributed by atoms with Crippen LogP contribution in [-0.2, 0) is 9.53 Å². The smallest absolute Gasteiger partial charge is 0.325 e. The Morgan fingerprint density at radius 2 is 2.22 bits per heavy atom. The van der Waals surface area contributed by atoms with Gasteiger partial charge in [0.15, 0.2) is 5.11 Å². The molecule has 0 saturated heterocycles. The van der Waals surface area contributed by atoms with E-state index >= 15 is 0 Å². The molecule has 0 aliphatic carbocycles. The van der Waals surface area contributed by atoms with E-state index in [1.165, 1.54) is 0 Å². The zero-order valence-corrected chi connectivity index (χ0v) is 11.8. The summed E-state index contributed by atoms with van der Waals surface area (Å²) in [5.74, 6) is -0.343. The quantitative estimate of drug-likeness (QED) is 0.658. The van der Waals surface area contributed by atoms with Crippen molar-refractivity contribution in [1.82, 2.24) is 5.32 Å². The number of rotatable bonds is 4. The molecule has 98 valence electrons. The molecule has 1 aromatic rings. The van der Waals surface area contributed by atoms with E-state index in [1.54, 1.807) is 19.1 Å². The minimum absolute atomic E-state index is 0.0410. The number of ether oxygens (including phenoxy) is 1. The largest absolute Gasteiger partial charge is 0.465 e. The maximum atomic E-state index is 11.1. The van der Waals surface area contributed by atoms with Gasteiger partial charge in [0.1, 0.15) is 6.54 Å². The molecule has 6 heteroatoms. The number of hydrogen-bond donors (Lipinski definition) is 2. The van der Waals surface area contributed by atoms with E-state index in [-0.39, 0.29) is 12.5 Å². The van der Waals surface area contributed by atoms with Gasteiger partial charge < -0.3 is 15.4 Å². The summed E-state index contributed by atoms with van der Waals surface area (Å²) < 4.78 is 4.78. The van der Waals surface area contributed by atoms with Crippen molar-refractivity contribution >= 4 is 40.6 Å². The summed E-state index contributed by atoms with van der Waals surface area (Å²) in [4.78, 5) is 11.1. The second kappa shape index (κ2) is 7.18. The Hall–Kier alpha value is -1.33. The third-order valence-corrected chi connectivity index (χ3v) is 2.63. The number of carbonyl (C=O) groups excluding carboxylic acids is 1. The van der Waals surface area contributed by atoms with E-state index in [4.69, 9.17) is 28.6 Å². The van der Waals surface area contributed by atoms with Crippen LogP contribution < -0.4 is 10.6 Å². The Labute approximate surface area is 117 Å². The summed E-state index contributed by atoms with van der Waals surface area (Å²) in [6.07, 6.45) is 0. The van der Waals surface area contributed by atoms with E-state index in [2.05, 4.69) is 10.6 Å². The number of benzene rings is 1. The first-order valence-corrected chi connectivity index (χ1v) is 6.28. The van der Waals surface area contributed by atoms with Crippen LogP contribution in [0.15, 0.2) is 18.2 Å². The highest BCUT2D eigenvalue weighted by molar-refractivity contribution is 7.80. The van der Waals surface area contributed by atoms with Crippen LogP contribution in [0.25, 0.3) is 0 Å². The summed E-state index contributed by atoms with van der Waals surface area (Å²) in [6, 6.07) is 5.46. The summed E-state index contributed by atoms with van der Waals surface area (Å²) in [5, 5.41) is 6.72. The molecule has 1 rings (SSSR count). The van der Waals surface area contributed by atoms with Crippen molar-refractivity contribution in [2.24, 2.45) is 0 Å².